The second kappa shape index (κ2) is 11.3. The Morgan fingerprint density at radius 1 is 1.35 bits per heavy atom. The van der Waals surface area contributed by atoms with E-state index in [0.717, 1.165) is 38.2 Å². The Bertz CT molecular complexity index is 268. The molecule has 1 fully saturated rings. The van der Waals surface area contributed by atoms with Gasteiger partial charge < -0.3 is 15.0 Å². The molecular formula is C15H31N3OS. The monoisotopic (exact) mass is 301 g/mol. The van der Waals surface area contributed by atoms with Crippen molar-refractivity contribution in [3.63, 3.8) is 0 Å². The molecule has 1 rings (SSSR count). The Labute approximate surface area is 128 Å². The van der Waals surface area contributed by atoms with Gasteiger partial charge in [0.15, 0.2) is 5.96 Å². The third-order valence-corrected chi connectivity index (χ3v) is 4.54. The summed E-state index contributed by atoms with van der Waals surface area (Å²) in [7, 11) is 4.01. The summed E-state index contributed by atoms with van der Waals surface area (Å²) in [4.78, 5) is 6.63. The van der Waals surface area contributed by atoms with Crippen LogP contribution in [0.2, 0.25) is 0 Å². The van der Waals surface area contributed by atoms with Crippen LogP contribution in [0, 0.1) is 5.92 Å². The predicted octanol–water partition coefficient (Wildman–Crippen LogP) is 2.45. The zero-order chi connectivity index (χ0) is 14.6. The fraction of sp³-hybridized carbons (Fsp3) is 0.933. The summed E-state index contributed by atoms with van der Waals surface area (Å²) in [6, 6.07) is 0. The lowest BCUT2D eigenvalue weighted by Gasteiger charge is -2.26. The average Bonchev–Trinajstić information content (AvgIpc) is 2.49. The quantitative estimate of drug-likeness (QED) is 0.424. The van der Waals surface area contributed by atoms with Crippen molar-refractivity contribution in [3.8, 4) is 0 Å². The largest absolute Gasteiger partial charge is 0.381 e. The lowest BCUT2D eigenvalue weighted by molar-refractivity contribution is 0.0625. The Balaban J connectivity index is 2.15. The molecule has 0 spiro atoms. The van der Waals surface area contributed by atoms with E-state index in [1.54, 1.807) is 0 Å². The molecule has 0 amide bonds. The maximum atomic E-state index is 5.41. The van der Waals surface area contributed by atoms with Gasteiger partial charge in [0.1, 0.15) is 0 Å². The fourth-order valence-corrected chi connectivity index (χ4v) is 2.97. The predicted molar refractivity (Wildman–Crippen MR) is 89.8 cm³/mol. The average molecular weight is 302 g/mol. The molecule has 20 heavy (non-hydrogen) atoms. The van der Waals surface area contributed by atoms with Crippen LogP contribution >= 0.6 is 11.8 Å². The minimum atomic E-state index is 0.825. The molecule has 1 saturated heterocycles. The Hall–Kier alpha value is -0.420. The van der Waals surface area contributed by atoms with Crippen LogP contribution in [0.25, 0.3) is 0 Å². The van der Waals surface area contributed by atoms with E-state index in [2.05, 4.69) is 28.5 Å². The standard InChI is InChI=1S/C15H31N3OS/c1-16-15(17-9-4-5-13-20-3)18(2)10-6-14-7-11-19-12-8-14/h14H,4-13H2,1-3H3,(H,16,17). The number of hydrogen-bond acceptors (Lipinski definition) is 3. The van der Waals surface area contributed by atoms with Gasteiger partial charge in [0.2, 0.25) is 0 Å². The topological polar surface area (TPSA) is 36.9 Å². The molecule has 0 bridgehead atoms. The van der Waals surface area contributed by atoms with Crippen LogP contribution in [-0.2, 0) is 4.74 Å². The summed E-state index contributed by atoms with van der Waals surface area (Å²) in [5.74, 6) is 3.10. The van der Waals surface area contributed by atoms with Gasteiger partial charge in [-0.1, -0.05) is 0 Å². The highest BCUT2D eigenvalue weighted by molar-refractivity contribution is 7.98. The van der Waals surface area contributed by atoms with Gasteiger partial charge in [0, 0.05) is 40.4 Å². The summed E-state index contributed by atoms with van der Waals surface area (Å²) in [6.07, 6.45) is 8.33. The van der Waals surface area contributed by atoms with Crippen LogP contribution in [0.1, 0.15) is 32.1 Å². The van der Waals surface area contributed by atoms with Gasteiger partial charge in [-0.3, -0.25) is 4.99 Å². The maximum Gasteiger partial charge on any atom is 0.193 e. The van der Waals surface area contributed by atoms with Crippen LogP contribution in [0.3, 0.4) is 0 Å². The van der Waals surface area contributed by atoms with E-state index in [-0.39, 0.29) is 0 Å². The highest BCUT2D eigenvalue weighted by Gasteiger charge is 2.15. The molecule has 1 N–H and O–H groups in total. The first-order chi connectivity index (χ1) is 9.77. The van der Waals surface area contributed by atoms with E-state index in [9.17, 15) is 0 Å². The van der Waals surface area contributed by atoms with Crippen LogP contribution < -0.4 is 5.32 Å². The SMILES string of the molecule is CN=C(NCCCCSC)N(C)CCC1CCOCC1. The number of hydrogen-bond donors (Lipinski definition) is 1. The Kier molecular flexibility index (Phi) is 9.93. The van der Waals surface area contributed by atoms with Crippen LogP contribution in [-0.4, -0.2) is 63.3 Å². The molecule has 118 valence electrons. The lowest BCUT2D eigenvalue weighted by Crippen LogP contribution is -2.40. The van der Waals surface area contributed by atoms with E-state index < -0.39 is 0 Å². The smallest absolute Gasteiger partial charge is 0.193 e. The van der Waals surface area contributed by atoms with Crippen molar-refractivity contribution >= 4 is 17.7 Å². The molecule has 0 radical (unpaired) electrons. The maximum absolute atomic E-state index is 5.41. The van der Waals surface area contributed by atoms with Crippen molar-refractivity contribution in [2.45, 2.75) is 32.1 Å². The molecule has 5 heteroatoms. The Morgan fingerprint density at radius 2 is 2.10 bits per heavy atom. The van der Waals surface area contributed by atoms with E-state index in [1.165, 1.54) is 37.9 Å². The Morgan fingerprint density at radius 3 is 2.75 bits per heavy atom. The molecule has 4 nitrogen and oxygen atoms in total. The van der Waals surface area contributed by atoms with Gasteiger partial charge in [-0.2, -0.15) is 11.8 Å². The van der Waals surface area contributed by atoms with Crippen molar-refractivity contribution in [3.05, 3.63) is 0 Å². The zero-order valence-corrected chi connectivity index (χ0v) is 14.2. The van der Waals surface area contributed by atoms with Crippen molar-refractivity contribution in [1.29, 1.82) is 0 Å². The summed E-state index contributed by atoms with van der Waals surface area (Å²) >= 11 is 1.92. The molecule has 0 saturated carbocycles. The molecule has 1 heterocycles. The molecule has 1 aliphatic heterocycles. The van der Waals surface area contributed by atoms with Crippen LogP contribution in [0.5, 0.6) is 0 Å². The van der Waals surface area contributed by atoms with Gasteiger partial charge in [0.25, 0.3) is 0 Å². The van der Waals surface area contributed by atoms with E-state index in [4.69, 9.17) is 4.74 Å². The van der Waals surface area contributed by atoms with Gasteiger partial charge in [-0.05, 0) is 50.0 Å². The minimum absolute atomic E-state index is 0.825. The number of nitrogens with zero attached hydrogens (tertiary/aromatic N) is 2. The molecule has 0 unspecified atom stereocenters. The molecule has 1 aliphatic rings. The van der Waals surface area contributed by atoms with Crippen molar-refractivity contribution < 1.29 is 4.74 Å². The molecule has 0 aliphatic carbocycles. The highest BCUT2D eigenvalue weighted by Crippen LogP contribution is 2.18. The molecular weight excluding hydrogens is 270 g/mol. The molecule has 0 atom stereocenters. The number of aliphatic imine (C=N–C) groups is 1. The van der Waals surface area contributed by atoms with E-state index >= 15 is 0 Å². The fourth-order valence-electron chi connectivity index (χ4n) is 2.47. The second-order valence-electron chi connectivity index (χ2n) is 5.44. The van der Waals surface area contributed by atoms with Crippen molar-refractivity contribution in [2.75, 3.05) is 52.4 Å². The van der Waals surface area contributed by atoms with Crippen molar-refractivity contribution in [2.24, 2.45) is 10.9 Å². The number of rotatable bonds is 8. The first-order valence-corrected chi connectivity index (χ1v) is 9.15. The second-order valence-corrected chi connectivity index (χ2v) is 6.43. The van der Waals surface area contributed by atoms with Crippen LogP contribution in [0.4, 0.5) is 0 Å². The third-order valence-electron chi connectivity index (χ3n) is 3.85. The normalized spacial score (nSPS) is 17.2. The molecule has 0 aromatic carbocycles. The highest BCUT2D eigenvalue weighted by atomic mass is 32.2. The van der Waals surface area contributed by atoms with Crippen LogP contribution in [0.15, 0.2) is 4.99 Å². The van der Waals surface area contributed by atoms with Gasteiger partial charge in [0.05, 0.1) is 0 Å². The third kappa shape index (κ3) is 7.39. The number of thioether (sulfide) groups is 1. The first kappa shape index (κ1) is 17.6. The van der Waals surface area contributed by atoms with Gasteiger partial charge >= 0.3 is 0 Å². The first-order valence-electron chi connectivity index (χ1n) is 7.76. The summed E-state index contributed by atoms with van der Waals surface area (Å²) in [5.41, 5.74) is 0. The molecule has 0 aromatic rings. The van der Waals surface area contributed by atoms with Crippen molar-refractivity contribution in [1.82, 2.24) is 10.2 Å². The van der Waals surface area contributed by atoms with Gasteiger partial charge in [-0.15, -0.1) is 0 Å². The zero-order valence-electron chi connectivity index (χ0n) is 13.4. The van der Waals surface area contributed by atoms with E-state index in [1.807, 2.05) is 18.8 Å². The number of guanidine groups is 1. The molecule has 0 aromatic heterocycles. The lowest BCUT2D eigenvalue weighted by atomic mass is 9.96. The number of ether oxygens (including phenoxy) is 1. The van der Waals surface area contributed by atoms with Gasteiger partial charge in [-0.25, -0.2) is 0 Å². The number of nitrogens with one attached hydrogen (secondary N) is 1. The van der Waals surface area contributed by atoms with E-state index in [0.29, 0.717) is 0 Å². The summed E-state index contributed by atoms with van der Waals surface area (Å²) in [6.45, 7) is 3.98. The summed E-state index contributed by atoms with van der Waals surface area (Å²) < 4.78 is 5.41. The minimum Gasteiger partial charge on any atom is -0.381 e. The summed E-state index contributed by atoms with van der Waals surface area (Å²) in [5, 5.41) is 3.46. The number of unbranched alkanes of at least 4 members (excludes halogenated alkanes) is 1.